The minimum Gasteiger partial charge on any atom is -0.366 e. The zero-order valence-electron chi connectivity index (χ0n) is 13.2. The average molecular weight is 283 g/mol. The molecule has 1 heterocycles. The Morgan fingerprint density at radius 1 is 1.14 bits per heavy atom. The first-order valence-corrected chi connectivity index (χ1v) is 7.60. The molecule has 0 aliphatic carbocycles. The van der Waals surface area contributed by atoms with Crippen molar-refractivity contribution in [1.29, 1.82) is 0 Å². The fraction of sp³-hybridized carbons (Fsp3) is 0.389. The number of aryl methyl sites for hydroxylation is 1. The second-order valence-electron chi connectivity index (χ2n) is 5.63. The van der Waals surface area contributed by atoms with Gasteiger partial charge in [0.05, 0.1) is 12.2 Å². The predicted molar refractivity (Wildman–Crippen MR) is 89.5 cm³/mol. The summed E-state index contributed by atoms with van der Waals surface area (Å²) in [6.07, 6.45) is 0.922. The van der Waals surface area contributed by atoms with Crippen molar-refractivity contribution >= 4 is 5.69 Å². The Hall–Kier alpha value is -1.87. The molecule has 0 bridgehead atoms. The summed E-state index contributed by atoms with van der Waals surface area (Å²) < 4.78 is 0. The molecule has 112 valence electrons. The maximum atomic E-state index is 5.85. The van der Waals surface area contributed by atoms with Gasteiger partial charge in [0.2, 0.25) is 0 Å². The summed E-state index contributed by atoms with van der Waals surface area (Å²) in [5.74, 6) is 0. The van der Waals surface area contributed by atoms with E-state index in [-0.39, 0.29) is 6.04 Å². The highest BCUT2D eigenvalue weighted by Gasteiger charge is 2.07. The third-order valence-electron chi connectivity index (χ3n) is 3.54. The highest BCUT2D eigenvalue weighted by molar-refractivity contribution is 5.48. The molecule has 1 aromatic carbocycles. The first-order valence-electron chi connectivity index (χ1n) is 7.60. The Morgan fingerprint density at radius 2 is 1.86 bits per heavy atom. The van der Waals surface area contributed by atoms with Gasteiger partial charge in [-0.25, -0.2) is 0 Å². The SMILES string of the molecule is CCN(Cc1cccc(C)n1)c1ccc(CC(C)N)cc1. The summed E-state index contributed by atoms with van der Waals surface area (Å²) in [7, 11) is 0. The molecule has 0 saturated heterocycles. The molecule has 3 heteroatoms. The number of hydrogen-bond donors (Lipinski definition) is 1. The Labute approximate surface area is 127 Å². The first-order chi connectivity index (χ1) is 10.1. The quantitative estimate of drug-likeness (QED) is 0.884. The van der Waals surface area contributed by atoms with Crippen LogP contribution >= 0.6 is 0 Å². The summed E-state index contributed by atoms with van der Waals surface area (Å²) in [5, 5.41) is 0. The second-order valence-corrected chi connectivity index (χ2v) is 5.63. The Morgan fingerprint density at radius 3 is 2.43 bits per heavy atom. The van der Waals surface area contributed by atoms with E-state index >= 15 is 0 Å². The molecular weight excluding hydrogens is 258 g/mol. The molecule has 0 radical (unpaired) electrons. The van der Waals surface area contributed by atoms with Crippen LogP contribution in [0.2, 0.25) is 0 Å². The Balaban J connectivity index is 2.10. The number of aromatic nitrogens is 1. The van der Waals surface area contributed by atoms with Crippen LogP contribution in [0.1, 0.15) is 30.8 Å². The van der Waals surface area contributed by atoms with Gasteiger partial charge in [0.1, 0.15) is 0 Å². The van der Waals surface area contributed by atoms with E-state index in [0.717, 1.165) is 30.9 Å². The van der Waals surface area contributed by atoms with Gasteiger partial charge in [0, 0.05) is 24.0 Å². The minimum atomic E-state index is 0.203. The molecule has 2 N–H and O–H groups in total. The highest BCUT2D eigenvalue weighted by atomic mass is 15.1. The summed E-state index contributed by atoms with van der Waals surface area (Å²) >= 11 is 0. The lowest BCUT2D eigenvalue weighted by molar-refractivity contribution is 0.737. The second kappa shape index (κ2) is 7.23. The van der Waals surface area contributed by atoms with Crippen molar-refractivity contribution in [2.45, 2.75) is 39.8 Å². The van der Waals surface area contributed by atoms with Crippen LogP contribution in [0.5, 0.6) is 0 Å². The van der Waals surface area contributed by atoms with Gasteiger partial charge < -0.3 is 10.6 Å². The third-order valence-corrected chi connectivity index (χ3v) is 3.54. The van der Waals surface area contributed by atoms with Crippen LogP contribution in [-0.2, 0) is 13.0 Å². The Bertz CT molecular complexity index is 561. The van der Waals surface area contributed by atoms with Crippen LogP contribution in [0.15, 0.2) is 42.5 Å². The van der Waals surface area contributed by atoms with E-state index in [2.05, 4.69) is 53.2 Å². The van der Waals surface area contributed by atoms with Gasteiger partial charge in [0.25, 0.3) is 0 Å². The maximum Gasteiger partial charge on any atom is 0.0602 e. The van der Waals surface area contributed by atoms with E-state index in [1.165, 1.54) is 11.3 Å². The first kappa shape index (κ1) is 15.5. The largest absolute Gasteiger partial charge is 0.366 e. The van der Waals surface area contributed by atoms with Crippen molar-refractivity contribution in [1.82, 2.24) is 4.98 Å². The number of benzene rings is 1. The zero-order chi connectivity index (χ0) is 15.2. The number of nitrogens with two attached hydrogens (primary N) is 1. The molecule has 1 aromatic heterocycles. The molecular formula is C18H25N3. The molecule has 0 amide bonds. The molecule has 1 atom stereocenters. The van der Waals surface area contributed by atoms with Gasteiger partial charge in [-0.1, -0.05) is 18.2 Å². The Kier molecular flexibility index (Phi) is 5.34. The molecule has 0 aliphatic rings. The van der Waals surface area contributed by atoms with Crippen LogP contribution in [-0.4, -0.2) is 17.6 Å². The monoisotopic (exact) mass is 283 g/mol. The molecule has 0 aliphatic heterocycles. The third kappa shape index (κ3) is 4.57. The summed E-state index contributed by atoms with van der Waals surface area (Å²) in [6.45, 7) is 8.04. The molecule has 0 spiro atoms. The minimum absolute atomic E-state index is 0.203. The lowest BCUT2D eigenvalue weighted by atomic mass is 10.1. The smallest absolute Gasteiger partial charge is 0.0602 e. The van der Waals surface area contributed by atoms with Crippen LogP contribution in [0.4, 0.5) is 5.69 Å². The number of rotatable bonds is 6. The van der Waals surface area contributed by atoms with E-state index < -0.39 is 0 Å². The van der Waals surface area contributed by atoms with E-state index in [1.807, 2.05) is 19.9 Å². The lowest BCUT2D eigenvalue weighted by Gasteiger charge is -2.23. The van der Waals surface area contributed by atoms with Crippen molar-refractivity contribution in [3.05, 3.63) is 59.4 Å². The van der Waals surface area contributed by atoms with E-state index in [4.69, 9.17) is 5.73 Å². The molecule has 21 heavy (non-hydrogen) atoms. The van der Waals surface area contributed by atoms with Gasteiger partial charge in [0.15, 0.2) is 0 Å². The van der Waals surface area contributed by atoms with Crippen LogP contribution < -0.4 is 10.6 Å². The standard InChI is InChI=1S/C18H25N3/c1-4-21(13-17-7-5-6-15(3)20-17)18-10-8-16(9-11-18)12-14(2)19/h5-11,14H,4,12-13,19H2,1-3H3. The fourth-order valence-electron chi connectivity index (χ4n) is 2.48. The van der Waals surface area contributed by atoms with Crippen molar-refractivity contribution in [2.24, 2.45) is 5.73 Å². The number of hydrogen-bond acceptors (Lipinski definition) is 3. The molecule has 0 saturated carbocycles. The van der Waals surface area contributed by atoms with Crippen LogP contribution in [0.25, 0.3) is 0 Å². The molecule has 0 fully saturated rings. The highest BCUT2D eigenvalue weighted by Crippen LogP contribution is 2.18. The molecule has 3 nitrogen and oxygen atoms in total. The summed E-state index contributed by atoms with van der Waals surface area (Å²) in [4.78, 5) is 6.92. The van der Waals surface area contributed by atoms with Gasteiger partial charge in [-0.05, 0) is 57.0 Å². The van der Waals surface area contributed by atoms with Gasteiger partial charge in [-0.3, -0.25) is 4.98 Å². The predicted octanol–water partition coefficient (Wildman–Crippen LogP) is 3.31. The van der Waals surface area contributed by atoms with E-state index in [1.54, 1.807) is 0 Å². The number of nitrogens with zero attached hydrogens (tertiary/aromatic N) is 2. The molecule has 1 unspecified atom stereocenters. The van der Waals surface area contributed by atoms with Gasteiger partial charge in [-0.15, -0.1) is 0 Å². The zero-order valence-corrected chi connectivity index (χ0v) is 13.2. The van der Waals surface area contributed by atoms with E-state index in [0.29, 0.717) is 0 Å². The summed E-state index contributed by atoms with van der Waals surface area (Å²) in [6, 6.07) is 15.1. The maximum absolute atomic E-state index is 5.85. The average Bonchev–Trinajstić information content (AvgIpc) is 2.45. The number of pyridine rings is 1. The fourth-order valence-corrected chi connectivity index (χ4v) is 2.48. The topological polar surface area (TPSA) is 42.2 Å². The van der Waals surface area contributed by atoms with E-state index in [9.17, 15) is 0 Å². The van der Waals surface area contributed by atoms with Crippen LogP contribution in [0, 0.1) is 6.92 Å². The summed E-state index contributed by atoms with van der Waals surface area (Å²) in [5.41, 5.74) is 10.5. The number of anilines is 1. The van der Waals surface area contributed by atoms with Crippen molar-refractivity contribution < 1.29 is 0 Å². The van der Waals surface area contributed by atoms with Gasteiger partial charge >= 0.3 is 0 Å². The van der Waals surface area contributed by atoms with Crippen molar-refractivity contribution in [3.63, 3.8) is 0 Å². The van der Waals surface area contributed by atoms with Crippen molar-refractivity contribution in [3.8, 4) is 0 Å². The lowest BCUT2D eigenvalue weighted by Crippen LogP contribution is -2.23. The van der Waals surface area contributed by atoms with Crippen molar-refractivity contribution in [2.75, 3.05) is 11.4 Å². The normalized spacial score (nSPS) is 12.2. The van der Waals surface area contributed by atoms with Crippen LogP contribution in [0.3, 0.4) is 0 Å². The van der Waals surface area contributed by atoms with Gasteiger partial charge in [-0.2, -0.15) is 0 Å². The molecule has 2 rings (SSSR count). The molecule has 2 aromatic rings.